The first-order valence-electron chi connectivity index (χ1n) is 7.32. The van der Waals surface area contributed by atoms with Gasteiger partial charge in [-0.15, -0.1) is 11.3 Å². The molecule has 1 N–H and O–H groups in total. The lowest BCUT2D eigenvalue weighted by atomic mass is 9.91. The highest BCUT2D eigenvalue weighted by Crippen LogP contribution is 2.38. The zero-order valence-electron chi connectivity index (χ0n) is 11.8. The van der Waals surface area contributed by atoms with Gasteiger partial charge in [0.15, 0.2) is 0 Å². The van der Waals surface area contributed by atoms with Crippen molar-refractivity contribution in [1.29, 1.82) is 0 Å². The second kappa shape index (κ2) is 5.20. The Hall–Kier alpha value is -1.36. The first-order chi connectivity index (χ1) is 9.65. The first kappa shape index (κ1) is 13.6. The Morgan fingerprint density at radius 1 is 1.25 bits per heavy atom. The number of amides is 2. The number of rotatable bonds is 3. The molecule has 2 heterocycles. The molecule has 20 heavy (non-hydrogen) atoms. The largest absolute Gasteiger partial charge is 0.345 e. The summed E-state index contributed by atoms with van der Waals surface area (Å²) in [4.78, 5) is 29.0. The third-order valence-electron chi connectivity index (χ3n) is 4.45. The lowest BCUT2D eigenvalue weighted by Gasteiger charge is -2.43. The van der Waals surface area contributed by atoms with E-state index in [-0.39, 0.29) is 18.4 Å². The van der Waals surface area contributed by atoms with E-state index in [1.54, 1.807) is 11.3 Å². The predicted molar refractivity (Wildman–Crippen MR) is 78.5 cm³/mol. The summed E-state index contributed by atoms with van der Waals surface area (Å²) in [6.07, 6.45) is 4.68. The van der Waals surface area contributed by atoms with Gasteiger partial charge in [-0.05, 0) is 31.4 Å². The van der Waals surface area contributed by atoms with E-state index in [2.05, 4.69) is 24.4 Å². The van der Waals surface area contributed by atoms with Crippen LogP contribution >= 0.6 is 11.3 Å². The topological polar surface area (TPSA) is 49.4 Å². The molecule has 108 valence electrons. The Kier molecular flexibility index (Phi) is 3.54. The van der Waals surface area contributed by atoms with Crippen LogP contribution < -0.4 is 5.32 Å². The van der Waals surface area contributed by atoms with Crippen molar-refractivity contribution in [2.45, 2.75) is 51.1 Å². The molecule has 2 amide bonds. The molecule has 0 radical (unpaired) electrons. The molecule has 0 bridgehead atoms. The smallest absolute Gasteiger partial charge is 0.246 e. The summed E-state index contributed by atoms with van der Waals surface area (Å²) in [6, 6.07) is 4.21. The van der Waals surface area contributed by atoms with Crippen LogP contribution in [0.1, 0.15) is 42.4 Å². The van der Waals surface area contributed by atoms with Crippen molar-refractivity contribution >= 4 is 23.2 Å². The van der Waals surface area contributed by atoms with E-state index in [1.807, 2.05) is 4.90 Å². The quantitative estimate of drug-likeness (QED) is 0.927. The lowest BCUT2D eigenvalue weighted by Crippen LogP contribution is -2.65. The van der Waals surface area contributed by atoms with Crippen LogP contribution in [0, 0.1) is 0 Å². The van der Waals surface area contributed by atoms with Gasteiger partial charge in [0.2, 0.25) is 11.8 Å². The maximum absolute atomic E-state index is 12.3. The minimum atomic E-state index is -0.578. The van der Waals surface area contributed by atoms with Crippen LogP contribution in [0.2, 0.25) is 0 Å². The Bertz CT molecular complexity index is 532. The van der Waals surface area contributed by atoms with Crippen LogP contribution in [0.15, 0.2) is 12.1 Å². The van der Waals surface area contributed by atoms with Crippen molar-refractivity contribution in [3.05, 3.63) is 21.9 Å². The maximum atomic E-state index is 12.3. The molecule has 1 saturated heterocycles. The molecule has 0 atom stereocenters. The molecule has 2 aliphatic rings. The van der Waals surface area contributed by atoms with E-state index in [0.29, 0.717) is 6.54 Å². The molecule has 3 rings (SSSR count). The zero-order chi connectivity index (χ0) is 14.2. The number of hydrogen-bond donors (Lipinski definition) is 1. The van der Waals surface area contributed by atoms with Crippen molar-refractivity contribution in [2.75, 3.05) is 6.54 Å². The van der Waals surface area contributed by atoms with E-state index in [0.717, 1.165) is 32.1 Å². The lowest BCUT2D eigenvalue weighted by molar-refractivity contribution is -0.154. The highest BCUT2D eigenvalue weighted by atomic mass is 32.1. The van der Waals surface area contributed by atoms with Gasteiger partial charge in [0.25, 0.3) is 0 Å². The molecular formula is C15H20N2O2S. The summed E-state index contributed by atoms with van der Waals surface area (Å²) in [5.41, 5.74) is -0.578. The average molecular weight is 292 g/mol. The fourth-order valence-corrected chi connectivity index (χ4v) is 4.27. The van der Waals surface area contributed by atoms with Crippen LogP contribution in [-0.2, 0) is 22.6 Å². The van der Waals surface area contributed by atoms with Crippen molar-refractivity contribution in [1.82, 2.24) is 10.2 Å². The number of carbonyl (C=O) groups excluding carboxylic acids is 2. The van der Waals surface area contributed by atoms with Gasteiger partial charge in [-0.25, -0.2) is 0 Å². The summed E-state index contributed by atoms with van der Waals surface area (Å²) < 4.78 is 0. The molecule has 0 aromatic carbocycles. The number of hydrogen-bond acceptors (Lipinski definition) is 3. The van der Waals surface area contributed by atoms with E-state index >= 15 is 0 Å². The number of thiophene rings is 1. The fourth-order valence-electron chi connectivity index (χ4n) is 3.33. The number of piperazine rings is 1. The van der Waals surface area contributed by atoms with Gasteiger partial charge in [0.1, 0.15) is 5.54 Å². The number of nitrogens with one attached hydrogen (secondary N) is 1. The van der Waals surface area contributed by atoms with Gasteiger partial charge in [-0.1, -0.05) is 19.8 Å². The Morgan fingerprint density at radius 2 is 1.95 bits per heavy atom. The fraction of sp³-hybridized carbons (Fsp3) is 0.600. The van der Waals surface area contributed by atoms with Gasteiger partial charge in [-0.2, -0.15) is 0 Å². The second-order valence-corrected chi connectivity index (χ2v) is 6.88. The van der Waals surface area contributed by atoms with Crippen LogP contribution in [0.4, 0.5) is 0 Å². The second-order valence-electron chi connectivity index (χ2n) is 5.62. The van der Waals surface area contributed by atoms with Crippen molar-refractivity contribution in [3.63, 3.8) is 0 Å². The Morgan fingerprint density at radius 3 is 2.60 bits per heavy atom. The van der Waals surface area contributed by atoms with Crippen molar-refractivity contribution in [3.8, 4) is 0 Å². The van der Waals surface area contributed by atoms with E-state index in [4.69, 9.17) is 0 Å². The Balaban J connectivity index is 1.87. The molecule has 5 heteroatoms. The third-order valence-corrected chi connectivity index (χ3v) is 5.67. The molecular weight excluding hydrogens is 272 g/mol. The minimum Gasteiger partial charge on any atom is -0.345 e. The minimum absolute atomic E-state index is 0.0434. The molecule has 1 saturated carbocycles. The van der Waals surface area contributed by atoms with Gasteiger partial charge in [0.05, 0.1) is 13.1 Å². The van der Waals surface area contributed by atoms with Crippen molar-refractivity contribution < 1.29 is 9.59 Å². The van der Waals surface area contributed by atoms with E-state index < -0.39 is 5.54 Å². The molecule has 1 spiro atoms. The van der Waals surface area contributed by atoms with Gasteiger partial charge in [-0.3, -0.25) is 9.59 Å². The first-order valence-corrected chi connectivity index (χ1v) is 8.14. The maximum Gasteiger partial charge on any atom is 0.246 e. The molecule has 1 aromatic heterocycles. The monoisotopic (exact) mass is 292 g/mol. The van der Waals surface area contributed by atoms with Crippen molar-refractivity contribution in [2.24, 2.45) is 0 Å². The number of nitrogens with zero attached hydrogens (tertiary/aromatic N) is 1. The summed E-state index contributed by atoms with van der Waals surface area (Å²) in [7, 11) is 0. The van der Waals surface area contributed by atoms with E-state index in [1.165, 1.54) is 9.75 Å². The standard InChI is InChI=1S/C15H20N2O2S/c1-2-11-5-6-12(20-11)10-17-13(18)9-16-14(19)15(17)7-3-4-8-15/h5-6H,2-4,7-10H2,1H3,(H,16,19). The summed E-state index contributed by atoms with van der Waals surface area (Å²) >= 11 is 1.75. The summed E-state index contributed by atoms with van der Waals surface area (Å²) in [6.45, 7) is 2.86. The molecule has 1 aliphatic heterocycles. The summed E-state index contributed by atoms with van der Waals surface area (Å²) in [5.74, 6) is 0.0971. The number of aryl methyl sites for hydroxylation is 1. The third kappa shape index (κ3) is 2.14. The normalized spacial score (nSPS) is 21.6. The average Bonchev–Trinajstić information content (AvgIpc) is 3.09. The van der Waals surface area contributed by atoms with E-state index in [9.17, 15) is 9.59 Å². The molecule has 4 nitrogen and oxygen atoms in total. The number of carbonyl (C=O) groups is 2. The highest BCUT2D eigenvalue weighted by molar-refractivity contribution is 7.11. The molecule has 2 fully saturated rings. The predicted octanol–water partition coefficient (Wildman–Crippen LogP) is 2.08. The Labute approximate surface area is 123 Å². The summed E-state index contributed by atoms with van der Waals surface area (Å²) in [5, 5.41) is 2.77. The molecule has 1 aliphatic carbocycles. The van der Waals surface area contributed by atoms with Gasteiger partial charge in [0, 0.05) is 9.75 Å². The zero-order valence-corrected chi connectivity index (χ0v) is 12.6. The van der Waals surface area contributed by atoms with Crippen LogP contribution in [0.25, 0.3) is 0 Å². The SMILES string of the molecule is CCc1ccc(CN2C(=O)CNC(=O)C23CCCC3)s1. The van der Waals surface area contributed by atoms with Gasteiger partial charge < -0.3 is 10.2 Å². The van der Waals surface area contributed by atoms with Crippen LogP contribution in [0.3, 0.4) is 0 Å². The van der Waals surface area contributed by atoms with Crippen LogP contribution in [0.5, 0.6) is 0 Å². The molecule has 1 aromatic rings. The molecule has 0 unspecified atom stereocenters. The van der Waals surface area contributed by atoms with Crippen LogP contribution in [-0.4, -0.2) is 28.8 Å². The van der Waals surface area contributed by atoms with Gasteiger partial charge >= 0.3 is 0 Å². The highest BCUT2D eigenvalue weighted by Gasteiger charge is 2.50.